The number of para-hydroxylation sites is 1. The minimum absolute atomic E-state index is 0.0113. The zero-order valence-corrected chi connectivity index (χ0v) is 22.2. The molecule has 1 saturated heterocycles. The van der Waals surface area contributed by atoms with E-state index in [0.29, 0.717) is 6.54 Å². The molecular weight excluding hydrogens is 529 g/mol. The molecule has 39 heavy (non-hydrogen) atoms. The Hall–Kier alpha value is -3.12. The van der Waals surface area contributed by atoms with Crippen LogP contribution in [0.3, 0.4) is 0 Å². The van der Waals surface area contributed by atoms with E-state index in [-0.39, 0.29) is 11.4 Å². The van der Waals surface area contributed by atoms with Gasteiger partial charge in [0, 0.05) is 34.9 Å². The number of rotatable bonds is 8. The summed E-state index contributed by atoms with van der Waals surface area (Å²) in [6, 6.07) is 17.6. The van der Waals surface area contributed by atoms with Crippen LogP contribution in [0.25, 0.3) is 21.8 Å². The highest BCUT2D eigenvalue weighted by Gasteiger charge is 2.36. The first-order valence-electron chi connectivity index (χ1n) is 12.9. The Kier molecular flexibility index (Phi) is 7.60. The Balaban J connectivity index is 1.43. The summed E-state index contributed by atoms with van der Waals surface area (Å²) in [4.78, 5) is -0.0113. The molecule has 0 spiro atoms. The zero-order chi connectivity index (χ0) is 27.8. The number of aryl methyl sites for hydroxylation is 1. The Morgan fingerprint density at radius 1 is 1.08 bits per heavy atom. The monoisotopic (exact) mass is 560 g/mol. The lowest BCUT2D eigenvalue weighted by Gasteiger charge is -2.37. The molecule has 2 heterocycles. The molecule has 4 atom stereocenters. The second kappa shape index (κ2) is 10.8. The molecule has 4 N–H and O–H groups in total. The van der Waals surface area contributed by atoms with E-state index in [0.717, 1.165) is 65.3 Å². The van der Waals surface area contributed by atoms with Crippen LogP contribution < -0.4 is 14.8 Å². The number of unbranched alkanes of at least 4 members (excludes halogenated alkanes) is 1. The molecule has 11 heteroatoms. The van der Waals surface area contributed by atoms with Gasteiger partial charge in [0.1, 0.15) is 15.7 Å². The molecular formula is C28H31F3N4O3S. The van der Waals surface area contributed by atoms with Gasteiger partial charge in [-0.2, -0.15) is 0 Å². The topological polar surface area (TPSA) is 99.4 Å². The van der Waals surface area contributed by atoms with Crippen molar-refractivity contribution in [3.8, 4) is 5.75 Å². The SMILES string of the molecule is CCCCc1ccc2c(c1)c1ccccc1n2C1CNCC(NS(=N)(=O)c2ccc(OC(F)(F)F)cc2)C1O. The third kappa shape index (κ3) is 5.76. The van der Waals surface area contributed by atoms with Crippen LogP contribution in [-0.4, -0.2) is 45.5 Å². The average molecular weight is 561 g/mol. The number of aliphatic hydroxyl groups is 1. The van der Waals surface area contributed by atoms with Crippen LogP contribution in [0.15, 0.2) is 71.6 Å². The number of ether oxygens (including phenoxy) is 1. The van der Waals surface area contributed by atoms with Gasteiger partial charge in [-0.05, 0) is 60.9 Å². The van der Waals surface area contributed by atoms with E-state index in [1.807, 2.05) is 18.2 Å². The van der Waals surface area contributed by atoms with E-state index in [1.165, 1.54) is 5.56 Å². The lowest BCUT2D eigenvalue weighted by molar-refractivity contribution is -0.274. The minimum atomic E-state index is -4.85. The highest BCUT2D eigenvalue weighted by Crippen LogP contribution is 2.35. The fraction of sp³-hybridized carbons (Fsp3) is 0.357. The Morgan fingerprint density at radius 2 is 1.79 bits per heavy atom. The number of fused-ring (bicyclic) bond motifs is 3. The average Bonchev–Trinajstić information content (AvgIpc) is 3.21. The highest BCUT2D eigenvalue weighted by molar-refractivity contribution is 7.90. The van der Waals surface area contributed by atoms with Gasteiger partial charge in [0.15, 0.2) is 0 Å². The third-order valence-electron chi connectivity index (χ3n) is 7.16. The van der Waals surface area contributed by atoms with Gasteiger partial charge in [0.25, 0.3) is 0 Å². The minimum Gasteiger partial charge on any atom is -0.406 e. The van der Waals surface area contributed by atoms with Crippen LogP contribution >= 0.6 is 0 Å². The maximum atomic E-state index is 13.3. The standard InChI is InChI=1S/C28H31F3N4O3S/c1-2-3-6-18-9-14-25-22(15-18)21-7-4-5-8-24(21)35(25)26-17-33-16-23(27(26)36)34-39(32,37)20-12-10-19(11-13-20)38-28(29,30)31/h4-5,7-15,23,26-27,33,36H,2-3,6,16-17H2,1H3,(H2,32,34,37). The predicted molar refractivity (Wildman–Crippen MR) is 145 cm³/mol. The molecule has 0 bridgehead atoms. The van der Waals surface area contributed by atoms with Crippen LogP contribution in [0, 0.1) is 4.78 Å². The molecule has 1 aliphatic heterocycles. The molecule has 7 nitrogen and oxygen atoms in total. The van der Waals surface area contributed by atoms with E-state index < -0.39 is 40.2 Å². The molecule has 4 unspecified atom stereocenters. The fourth-order valence-electron chi connectivity index (χ4n) is 5.31. The number of piperidine rings is 1. The van der Waals surface area contributed by atoms with E-state index in [2.05, 4.69) is 50.5 Å². The maximum Gasteiger partial charge on any atom is 0.573 e. The van der Waals surface area contributed by atoms with Gasteiger partial charge in [0.2, 0.25) is 0 Å². The number of benzene rings is 3. The molecule has 0 amide bonds. The van der Waals surface area contributed by atoms with Crippen molar-refractivity contribution >= 4 is 31.7 Å². The van der Waals surface area contributed by atoms with Gasteiger partial charge in [0.05, 0.1) is 23.1 Å². The van der Waals surface area contributed by atoms with Crippen LogP contribution in [0.5, 0.6) is 5.75 Å². The van der Waals surface area contributed by atoms with Gasteiger partial charge in [-0.3, -0.25) is 0 Å². The molecule has 4 aromatic rings. The van der Waals surface area contributed by atoms with Gasteiger partial charge >= 0.3 is 6.36 Å². The molecule has 0 aliphatic carbocycles. The van der Waals surface area contributed by atoms with Crippen LogP contribution in [0.1, 0.15) is 31.4 Å². The summed E-state index contributed by atoms with van der Waals surface area (Å²) >= 11 is 0. The summed E-state index contributed by atoms with van der Waals surface area (Å²) in [5.41, 5.74) is 3.21. The summed E-state index contributed by atoms with van der Waals surface area (Å²) in [6.07, 6.45) is -2.64. The molecule has 0 radical (unpaired) electrons. The van der Waals surface area contributed by atoms with Crippen LogP contribution in [-0.2, 0) is 16.3 Å². The van der Waals surface area contributed by atoms with Gasteiger partial charge in [-0.15, -0.1) is 13.2 Å². The Labute approximate surface area is 225 Å². The summed E-state index contributed by atoms with van der Waals surface area (Å²) < 4.78 is 67.9. The smallest absolute Gasteiger partial charge is 0.406 e. The summed E-state index contributed by atoms with van der Waals surface area (Å²) in [5.74, 6) is -0.468. The molecule has 0 saturated carbocycles. The van der Waals surface area contributed by atoms with Gasteiger partial charge in [-0.1, -0.05) is 37.6 Å². The second-order valence-corrected chi connectivity index (χ2v) is 11.7. The van der Waals surface area contributed by atoms with Gasteiger partial charge in [-0.25, -0.2) is 13.7 Å². The third-order valence-corrected chi connectivity index (χ3v) is 8.73. The number of halogens is 3. The maximum absolute atomic E-state index is 13.3. The normalized spacial score (nSPS) is 21.7. The second-order valence-electron chi connectivity index (χ2n) is 9.86. The number of hydrogen-bond acceptors (Lipinski definition) is 5. The van der Waals surface area contributed by atoms with E-state index in [9.17, 15) is 22.5 Å². The molecule has 3 aromatic carbocycles. The first kappa shape index (κ1) is 27.4. The number of alkyl halides is 3. The largest absolute Gasteiger partial charge is 0.573 e. The molecule has 1 aliphatic rings. The fourth-order valence-corrected chi connectivity index (χ4v) is 6.61. The summed E-state index contributed by atoms with van der Waals surface area (Å²) in [5, 5.41) is 17.0. The van der Waals surface area contributed by atoms with Crippen LogP contribution in [0.4, 0.5) is 13.2 Å². The number of aromatic nitrogens is 1. The summed E-state index contributed by atoms with van der Waals surface area (Å²) in [7, 11) is -3.64. The first-order valence-corrected chi connectivity index (χ1v) is 14.5. The van der Waals surface area contributed by atoms with Crippen molar-refractivity contribution < 1.29 is 27.2 Å². The molecule has 208 valence electrons. The molecule has 1 fully saturated rings. The van der Waals surface area contributed by atoms with Crippen LogP contribution in [0.2, 0.25) is 0 Å². The lowest BCUT2D eigenvalue weighted by Crippen LogP contribution is -2.57. The number of nitrogens with one attached hydrogen (secondary N) is 3. The number of nitrogens with zero attached hydrogens (tertiary/aromatic N) is 1. The van der Waals surface area contributed by atoms with Crippen molar-refractivity contribution in [3.63, 3.8) is 0 Å². The van der Waals surface area contributed by atoms with Crippen molar-refractivity contribution in [2.75, 3.05) is 13.1 Å². The Morgan fingerprint density at radius 3 is 2.51 bits per heavy atom. The van der Waals surface area contributed by atoms with E-state index in [1.54, 1.807) is 0 Å². The first-order chi connectivity index (χ1) is 18.6. The Bertz CT molecular complexity index is 1570. The lowest BCUT2D eigenvalue weighted by atomic mass is 9.99. The predicted octanol–water partition coefficient (Wildman–Crippen LogP) is 5.52. The van der Waals surface area contributed by atoms with Crippen molar-refractivity contribution in [2.24, 2.45) is 0 Å². The number of hydrogen-bond donors (Lipinski definition) is 4. The van der Waals surface area contributed by atoms with E-state index in [4.69, 9.17) is 4.78 Å². The van der Waals surface area contributed by atoms with Crippen molar-refractivity contribution in [2.45, 2.75) is 55.6 Å². The van der Waals surface area contributed by atoms with Gasteiger partial charge < -0.3 is 19.7 Å². The van der Waals surface area contributed by atoms with Crippen molar-refractivity contribution in [3.05, 3.63) is 72.3 Å². The molecule has 1 aromatic heterocycles. The van der Waals surface area contributed by atoms with Crippen molar-refractivity contribution in [1.29, 1.82) is 4.78 Å². The summed E-state index contributed by atoms with van der Waals surface area (Å²) in [6.45, 7) is 2.90. The quantitative estimate of drug-likeness (QED) is 0.228. The highest BCUT2D eigenvalue weighted by atomic mass is 32.2. The number of aliphatic hydroxyl groups excluding tert-OH is 1. The van der Waals surface area contributed by atoms with E-state index >= 15 is 0 Å². The van der Waals surface area contributed by atoms with Crippen molar-refractivity contribution in [1.82, 2.24) is 14.6 Å². The molecule has 5 rings (SSSR count). The zero-order valence-electron chi connectivity index (χ0n) is 21.4.